The maximum atomic E-state index is 10.4. The summed E-state index contributed by atoms with van der Waals surface area (Å²) in [5.74, 6) is 6.32. The highest BCUT2D eigenvalue weighted by Gasteiger charge is 2.53. The predicted octanol–water partition coefficient (Wildman–Crippen LogP) is 1.88. The van der Waals surface area contributed by atoms with Gasteiger partial charge in [-0.1, -0.05) is 30.0 Å². The average Bonchev–Trinajstić information content (AvgIpc) is 3.21. The molecule has 1 fully saturated rings. The first-order valence-corrected chi connectivity index (χ1v) is 9.31. The van der Waals surface area contributed by atoms with Crippen LogP contribution in [-0.2, 0) is 4.74 Å². The first-order chi connectivity index (χ1) is 14.0. The van der Waals surface area contributed by atoms with E-state index in [9.17, 15) is 15.4 Å². The van der Waals surface area contributed by atoms with Crippen molar-refractivity contribution in [2.24, 2.45) is 0 Å². The minimum atomic E-state index is -1.22. The number of hydrogen-bond acceptors (Lipinski definition) is 7. The Morgan fingerprint density at radius 2 is 2.03 bits per heavy atom. The molecule has 8 nitrogen and oxygen atoms in total. The van der Waals surface area contributed by atoms with E-state index in [4.69, 9.17) is 16.3 Å². The fourth-order valence-electron chi connectivity index (χ4n) is 3.47. The third-order valence-corrected chi connectivity index (χ3v) is 5.39. The molecule has 4 atom stereocenters. The number of nitrogens with one attached hydrogen (secondary N) is 1. The zero-order valence-electron chi connectivity index (χ0n) is 15.5. The molecule has 4 N–H and O–H groups in total. The number of rotatable bonds is 3. The lowest BCUT2D eigenvalue weighted by Crippen LogP contribution is -2.39. The Bertz CT molecular complexity index is 1090. The van der Waals surface area contributed by atoms with Gasteiger partial charge in [0.15, 0.2) is 12.0 Å². The molecule has 1 saturated heterocycles. The average molecular weight is 415 g/mol. The molecule has 3 aromatic rings. The van der Waals surface area contributed by atoms with Crippen molar-refractivity contribution in [1.29, 1.82) is 0 Å². The number of hydrogen-bond donors (Lipinski definition) is 4. The molecule has 1 aliphatic rings. The Hall–Kier alpha value is -2.67. The standard InChI is InChI=1S/C20H19ClN4O4/c1-20(21)16(27)14(10-26)29-19(20)25-9-13(8-7-12-5-3-2-4-6-12)15-17(24-28)22-11-23-18(15)25/h2-6,9,11,14,16,19,26-28H,10H2,1H3,(H,22,23,24)/t14-,16-,19-,20-/m1/s1. The van der Waals surface area contributed by atoms with E-state index < -0.39 is 23.3 Å². The Morgan fingerprint density at radius 1 is 1.28 bits per heavy atom. The summed E-state index contributed by atoms with van der Waals surface area (Å²) < 4.78 is 7.46. The lowest BCUT2D eigenvalue weighted by atomic mass is 10.0. The summed E-state index contributed by atoms with van der Waals surface area (Å²) in [5, 5.41) is 29.9. The fraction of sp³-hybridized carbons (Fsp3) is 0.300. The van der Waals surface area contributed by atoms with Crippen LogP contribution in [0.5, 0.6) is 0 Å². The normalized spacial score (nSPS) is 26.3. The van der Waals surface area contributed by atoms with Crippen LogP contribution in [0.15, 0.2) is 42.9 Å². The monoisotopic (exact) mass is 414 g/mol. The molecule has 2 aromatic heterocycles. The van der Waals surface area contributed by atoms with Gasteiger partial charge in [0.25, 0.3) is 0 Å². The number of aliphatic hydroxyl groups is 2. The van der Waals surface area contributed by atoms with Gasteiger partial charge in [-0.15, -0.1) is 11.6 Å². The van der Waals surface area contributed by atoms with Crippen molar-refractivity contribution in [3.8, 4) is 11.8 Å². The molecule has 29 heavy (non-hydrogen) atoms. The van der Waals surface area contributed by atoms with E-state index in [0.717, 1.165) is 5.56 Å². The summed E-state index contributed by atoms with van der Waals surface area (Å²) >= 11 is 6.60. The Morgan fingerprint density at radius 3 is 2.69 bits per heavy atom. The molecule has 0 saturated carbocycles. The molecule has 0 bridgehead atoms. The molecule has 0 unspecified atom stereocenters. The highest BCUT2D eigenvalue weighted by molar-refractivity contribution is 6.24. The second-order valence-electron chi connectivity index (χ2n) is 6.90. The number of halogens is 1. The SMILES string of the molecule is C[C@@]1(Cl)[C@H](O)[C@@H](CO)O[C@H]1n1cc(C#Cc2ccccc2)c2c(NO)ncnc21. The van der Waals surface area contributed by atoms with Gasteiger partial charge in [-0.3, -0.25) is 10.7 Å². The maximum absolute atomic E-state index is 10.4. The van der Waals surface area contributed by atoms with Gasteiger partial charge >= 0.3 is 0 Å². The molecule has 0 spiro atoms. The van der Waals surface area contributed by atoms with Gasteiger partial charge < -0.3 is 19.5 Å². The van der Waals surface area contributed by atoms with Crippen molar-refractivity contribution in [2.45, 2.75) is 30.2 Å². The molecule has 4 rings (SSSR count). The van der Waals surface area contributed by atoms with Crippen LogP contribution in [0.25, 0.3) is 11.0 Å². The first-order valence-electron chi connectivity index (χ1n) is 8.93. The van der Waals surface area contributed by atoms with Crippen molar-refractivity contribution < 1.29 is 20.2 Å². The largest absolute Gasteiger partial charge is 0.394 e. The number of benzene rings is 1. The summed E-state index contributed by atoms with van der Waals surface area (Å²) in [6, 6.07) is 9.44. The summed E-state index contributed by atoms with van der Waals surface area (Å²) in [6.07, 6.45) is 0.219. The van der Waals surface area contributed by atoms with E-state index in [0.29, 0.717) is 16.6 Å². The summed E-state index contributed by atoms with van der Waals surface area (Å²) in [5.41, 5.74) is 3.84. The van der Waals surface area contributed by atoms with Gasteiger partial charge in [0, 0.05) is 11.8 Å². The van der Waals surface area contributed by atoms with Gasteiger partial charge in [-0.05, 0) is 19.1 Å². The minimum Gasteiger partial charge on any atom is -0.394 e. The lowest BCUT2D eigenvalue weighted by molar-refractivity contribution is -0.0439. The van der Waals surface area contributed by atoms with Crippen molar-refractivity contribution in [2.75, 3.05) is 12.1 Å². The van der Waals surface area contributed by atoms with Gasteiger partial charge in [-0.25, -0.2) is 9.97 Å². The summed E-state index contributed by atoms with van der Waals surface area (Å²) in [7, 11) is 0. The van der Waals surface area contributed by atoms with Crippen LogP contribution in [0.2, 0.25) is 0 Å². The number of anilines is 1. The van der Waals surface area contributed by atoms with Gasteiger partial charge in [0.2, 0.25) is 0 Å². The van der Waals surface area contributed by atoms with E-state index >= 15 is 0 Å². The Kier molecular flexibility index (Phi) is 5.17. The molecule has 0 aliphatic carbocycles. The summed E-state index contributed by atoms with van der Waals surface area (Å²) in [4.78, 5) is 7.13. The maximum Gasteiger partial charge on any atom is 0.163 e. The Labute approximate surface area is 171 Å². The topological polar surface area (TPSA) is 113 Å². The number of fused-ring (bicyclic) bond motifs is 1. The Balaban J connectivity index is 1.88. The smallest absolute Gasteiger partial charge is 0.163 e. The number of aromatic nitrogens is 3. The third kappa shape index (κ3) is 3.33. The van der Waals surface area contributed by atoms with E-state index in [2.05, 4.69) is 27.3 Å². The molecule has 0 radical (unpaired) electrons. The van der Waals surface area contributed by atoms with Gasteiger partial charge in [0.1, 0.15) is 29.1 Å². The zero-order valence-corrected chi connectivity index (χ0v) is 16.2. The molecule has 3 heterocycles. The molecule has 1 aromatic carbocycles. The van der Waals surface area contributed by atoms with Crippen LogP contribution >= 0.6 is 11.6 Å². The first kappa shape index (κ1) is 19.6. The van der Waals surface area contributed by atoms with Crippen molar-refractivity contribution in [3.05, 3.63) is 54.0 Å². The van der Waals surface area contributed by atoms with Crippen LogP contribution in [0.3, 0.4) is 0 Å². The minimum absolute atomic E-state index is 0.180. The van der Waals surface area contributed by atoms with Crippen LogP contribution in [0.1, 0.15) is 24.3 Å². The predicted molar refractivity (Wildman–Crippen MR) is 107 cm³/mol. The zero-order chi connectivity index (χ0) is 20.6. The molecular weight excluding hydrogens is 396 g/mol. The van der Waals surface area contributed by atoms with Gasteiger partial charge in [0.05, 0.1) is 17.6 Å². The number of nitrogens with zero attached hydrogens (tertiary/aromatic N) is 3. The van der Waals surface area contributed by atoms with Crippen LogP contribution in [-0.4, -0.2) is 53.6 Å². The second-order valence-corrected chi connectivity index (χ2v) is 7.72. The van der Waals surface area contributed by atoms with Crippen molar-refractivity contribution >= 4 is 28.5 Å². The molecular formula is C20H19ClN4O4. The molecule has 0 amide bonds. The second kappa shape index (κ2) is 7.63. The fourth-order valence-corrected chi connectivity index (χ4v) is 3.76. The van der Waals surface area contributed by atoms with Crippen molar-refractivity contribution in [3.63, 3.8) is 0 Å². The quantitative estimate of drug-likeness (QED) is 0.294. The molecule has 1 aliphatic heterocycles. The van der Waals surface area contributed by atoms with Crippen LogP contribution in [0.4, 0.5) is 5.82 Å². The lowest BCUT2D eigenvalue weighted by Gasteiger charge is -2.26. The third-order valence-electron chi connectivity index (χ3n) is 4.98. The highest BCUT2D eigenvalue weighted by atomic mass is 35.5. The number of aliphatic hydroxyl groups excluding tert-OH is 2. The highest BCUT2D eigenvalue weighted by Crippen LogP contribution is 2.45. The van der Waals surface area contributed by atoms with Crippen LogP contribution in [0, 0.1) is 11.8 Å². The molecule has 150 valence electrons. The van der Waals surface area contributed by atoms with Gasteiger partial charge in [-0.2, -0.15) is 0 Å². The summed E-state index contributed by atoms with van der Waals surface area (Å²) in [6.45, 7) is 1.26. The number of ether oxygens (including phenoxy) is 1. The van der Waals surface area contributed by atoms with E-state index in [1.165, 1.54) is 6.33 Å². The van der Waals surface area contributed by atoms with E-state index in [1.54, 1.807) is 17.7 Å². The van der Waals surface area contributed by atoms with E-state index in [1.807, 2.05) is 30.3 Å². The van der Waals surface area contributed by atoms with Crippen LogP contribution < -0.4 is 5.48 Å². The number of alkyl halides is 1. The van der Waals surface area contributed by atoms with E-state index in [-0.39, 0.29) is 12.4 Å². The molecule has 9 heteroatoms. The van der Waals surface area contributed by atoms with Crippen molar-refractivity contribution in [1.82, 2.24) is 14.5 Å².